The predicted octanol–water partition coefficient (Wildman–Crippen LogP) is 3.89. The van der Waals surface area contributed by atoms with Crippen LogP contribution in [0.1, 0.15) is 5.56 Å². The van der Waals surface area contributed by atoms with Gasteiger partial charge >= 0.3 is 0 Å². The lowest BCUT2D eigenvalue weighted by molar-refractivity contribution is 0.467. The molecule has 0 saturated carbocycles. The summed E-state index contributed by atoms with van der Waals surface area (Å²) >= 11 is 0. The van der Waals surface area contributed by atoms with Gasteiger partial charge in [-0.2, -0.15) is 0 Å². The number of hydrogen-bond acceptors (Lipinski definition) is 3. The minimum atomic E-state index is -0.287. The van der Waals surface area contributed by atoms with Gasteiger partial charge in [-0.25, -0.2) is 9.37 Å². The van der Waals surface area contributed by atoms with Crippen molar-refractivity contribution in [2.75, 3.05) is 7.05 Å². The molecule has 1 aromatic heterocycles. The van der Waals surface area contributed by atoms with E-state index in [0.29, 0.717) is 11.6 Å². The Balaban J connectivity index is 2.03. The summed E-state index contributed by atoms with van der Waals surface area (Å²) in [6, 6.07) is 13.9. The zero-order valence-corrected chi connectivity index (χ0v) is 11.6. The highest BCUT2D eigenvalue weighted by Crippen LogP contribution is 2.29. The zero-order valence-electron chi connectivity index (χ0n) is 11.6. The van der Waals surface area contributed by atoms with Crippen LogP contribution in [0.15, 0.2) is 54.7 Å². The van der Waals surface area contributed by atoms with E-state index in [1.807, 2.05) is 31.3 Å². The lowest BCUT2D eigenvalue weighted by Gasteiger charge is -2.11. The van der Waals surface area contributed by atoms with E-state index in [-0.39, 0.29) is 5.82 Å². The highest BCUT2D eigenvalue weighted by atomic mass is 19.1. The quantitative estimate of drug-likeness (QED) is 0.788. The summed E-state index contributed by atoms with van der Waals surface area (Å²) < 4.78 is 18.7. The molecule has 0 amide bonds. The number of fused-ring (bicyclic) bond motifs is 1. The van der Waals surface area contributed by atoms with E-state index in [1.165, 1.54) is 12.1 Å². The Hall–Kier alpha value is -2.46. The van der Waals surface area contributed by atoms with Crippen LogP contribution in [-0.4, -0.2) is 12.0 Å². The van der Waals surface area contributed by atoms with Crippen molar-refractivity contribution in [3.05, 3.63) is 66.1 Å². The van der Waals surface area contributed by atoms with E-state index in [1.54, 1.807) is 18.3 Å². The second-order valence-corrected chi connectivity index (χ2v) is 4.72. The first-order valence-corrected chi connectivity index (χ1v) is 6.72. The minimum Gasteiger partial charge on any atom is -0.438 e. The first-order valence-electron chi connectivity index (χ1n) is 6.72. The molecule has 4 heteroatoms. The van der Waals surface area contributed by atoms with Crippen LogP contribution in [0.4, 0.5) is 4.39 Å². The van der Waals surface area contributed by atoms with Crippen molar-refractivity contribution >= 4 is 10.8 Å². The van der Waals surface area contributed by atoms with E-state index in [2.05, 4.69) is 10.3 Å². The summed E-state index contributed by atoms with van der Waals surface area (Å²) in [6.07, 6.45) is 1.80. The first kappa shape index (κ1) is 13.5. The summed E-state index contributed by atoms with van der Waals surface area (Å²) in [5, 5.41) is 5.16. The van der Waals surface area contributed by atoms with Gasteiger partial charge in [-0.1, -0.05) is 18.2 Å². The normalized spacial score (nSPS) is 10.8. The monoisotopic (exact) mass is 282 g/mol. The maximum Gasteiger partial charge on any atom is 0.227 e. The predicted molar refractivity (Wildman–Crippen MR) is 81.0 cm³/mol. The average molecular weight is 282 g/mol. The molecule has 0 spiro atoms. The smallest absolute Gasteiger partial charge is 0.227 e. The number of hydrogen-bond donors (Lipinski definition) is 1. The van der Waals surface area contributed by atoms with Gasteiger partial charge in [-0.3, -0.25) is 0 Å². The number of ether oxygens (including phenoxy) is 1. The van der Waals surface area contributed by atoms with Crippen LogP contribution in [0.3, 0.4) is 0 Å². The molecule has 2 aromatic carbocycles. The molecule has 3 rings (SSSR count). The fourth-order valence-corrected chi connectivity index (χ4v) is 2.25. The third-order valence-electron chi connectivity index (χ3n) is 3.24. The van der Waals surface area contributed by atoms with Gasteiger partial charge in [-0.05, 0) is 48.3 Å². The summed E-state index contributed by atoms with van der Waals surface area (Å²) in [5.74, 6) is 0.803. The van der Waals surface area contributed by atoms with Gasteiger partial charge < -0.3 is 10.1 Å². The molecule has 1 N–H and O–H groups in total. The number of halogens is 1. The fraction of sp³-hybridized carbons (Fsp3) is 0.118. The van der Waals surface area contributed by atoms with Crippen molar-refractivity contribution in [1.29, 1.82) is 0 Å². The van der Waals surface area contributed by atoms with Gasteiger partial charge in [0, 0.05) is 18.1 Å². The molecule has 0 atom stereocenters. The van der Waals surface area contributed by atoms with Crippen LogP contribution in [0, 0.1) is 5.82 Å². The highest BCUT2D eigenvalue weighted by molar-refractivity contribution is 5.89. The molecular weight excluding hydrogens is 267 g/mol. The molecule has 0 aliphatic heterocycles. The van der Waals surface area contributed by atoms with Crippen LogP contribution < -0.4 is 10.1 Å². The van der Waals surface area contributed by atoms with Gasteiger partial charge in [0.05, 0.1) is 0 Å². The van der Waals surface area contributed by atoms with Crippen LogP contribution in [0.2, 0.25) is 0 Å². The van der Waals surface area contributed by atoms with Crippen molar-refractivity contribution in [1.82, 2.24) is 10.3 Å². The Labute approximate surface area is 122 Å². The third-order valence-corrected chi connectivity index (χ3v) is 3.24. The standard InChI is InChI=1S/C17H15FN2O/c1-19-10-12-11-20-17(16-5-3-2-4-15(12)16)21-14-8-6-13(18)7-9-14/h2-9,11,19H,10H2,1H3. The van der Waals surface area contributed by atoms with Gasteiger partial charge in [-0.15, -0.1) is 0 Å². The molecule has 0 aliphatic rings. The second kappa shape index (κ2) is 5.89. The Morgan fingerprint density at radius 1 is 1.05 bits per heavy atom. The molecule has 0 saturated heterocycles. The summed E-state index contributed by atoms with van der Waals surface area (Å²) in [5.41, 5.74) is 1.11. The zero-order chi connectivity index (χ0) is 14.7. The molecule has 21 heavy (non-hydrogen) atoms. The molecule has 0 radical (unpaired) electrons. The highest BCUT2D eigenvalue weighted by Gasteiger charge is 2.08. The molecule has 0 aliphatic carbocycles. The molecule has 1 heterocycles. The van der Waals surface area contributed by atoms with E-state index < -0.39 is 0 Å². The summed E-state index contributed by atoms with van der Waals surface area (Å²) in [4.78, 5) is 4.39. The fourth-order valence-electron chi connectivity index (χ4n) is 2.25. The Morgan fingerprint density at radius 2 is 1.76 bits per heavy atom. The van der Waals surface area contributed by atoms with Crippen molar-refractivity contribution in [3.8, 4) is 11.6 Å². The van der Waals surface area contributed by atoms with Gasteiger partial charge in [0.1, 0.15) is 11.6 Å². The second-order valence-electron chi connectivity index (χ2n) is 4.72. The Morgan fingerprint density at radius 3 is 2.48 bits per heavy atom. The number of pyridine rings is 1. The van der Waals surface area contributed by atoms with Crippen LogP contribution in [0.25, 0.3) is 10.8 Å². The molecule has 3 aromatic rings. The van der Waals surface area contributed by atoms with Gasteiger partial charge in [0.25, 0.3) is 0 Å². The summed E-state index contributed by atoms with van der Waals surface area (Å²) in [7, 11) is 1.90. The molecule has 106 valence electrons. The van der Waals surface area contributed by atoms with E-state index in [4.69, 9.17) is 4.74 Å². The SMILES string of the molecule is CNCc1cnc(Oc2ccc(F)cc2)c2ccccc12. The minimum absolute atomic E-state index is 0.287. The summed E-state index contributed by atoms with van der Waals surface area (Å²) in [6.45, 7) is 0.740. The lowest BCUT2D eigenvalue weighted by Crippen LogP contribution is -2.06. The molecule has 0 fully saturated rings. The molecule has 0 unspecified atom stereocenters. The first-order chi connectivity index (χ1) is 10.3. The molecular formula is C17H15FN2O. The number of nitrogens with zero attached hydrogens (tertiary/aromatic N) is 1. The number of benzene rings is 2. The van der Waals surface area contributed by atoms with E-state index >= 15 is 0 Å². The van der Waals surface area contributed by atoms with Crippen LogP contribution >= 0.6 is 0 Å². The topological polar surface area (TPSA) is 34.2 Å². The molecule has 0 bridgehead atoms. The lowest BCUT2D eigenvalue weighted by atomic mass is 10.1. The average Bonchev–Trinajstić information content (AvgIpc) is 2.52. The molecule has 3 nitrogen and oxygen atoms in total. The Bertz CT molecular complexity index is 756. The van der Waals surface area contributed by atoms with Crippen LogP contribution in [-0.2, 0) is 6.54 Å². The number of rotatable bonds is 4. The van der Waals surface area contributed by atoms with Crippen molar-refractivity contribution in [3.63, 3.8) is 0 Å². The maximum absolute atomic E-state index is 12.9. The van der Waals surface area contributed by atoms with Gasteiger partial charge in [0.15, 0.2) is 0 Å². The van der Waals surface area contributed by atoms with Crippen molar-refractivity contribution < 1.29 is 9.13 Å². The van der Waals surface area contributed by atoms with Crippen molar-refractivity contribution in [2.24, 2.45) is 0 Å². The number of nitrogens with one attached hydrogen (secondary N) is 1. The third kappa shape index (κ3) is 2.85. The Kier molecular flexibility index (Phi) is 3.79. The van der Waals surface area contributed by atoms with Crippen LogP contribution in [0.5, 0.6) is 11.6 Å². The number of aromatic nitrogens is 1. The largest absolute Gasteiger partial charge is 0.438 e. The van der Waals surface area contributed by atoms with Gasteiger partial charge in [0.2, 0.25) is 5.88 Å². The van der Waals surface area contributed by atoms with E-state index in [9.17, 15) is 4.39 Å². The van der Waals surface area contributed by atoms with E-state index in [0.717, 1.165) is 22.9 Å². The maximum atomic E-state index is 12.9. The van der Waals surface area contributed by atoms with Crippen molar-refractivity contribution in [2.45, 2.75) is 6.54 Å².